The third-order valence-electron chi connectivity index (χ3n) is 19.3. The van der Waals surface area contributed by atoms with Crippen molar-refractivity contribution in [1.82, 2.24) is 0 Å². The molecule has 0 heterocycles. The van der Waals surface area contributed by atoms with Crippen LogP contribution < -0.4 is 0 Å². The maximum absolute atomic E-state index is 15.7. The lowest BCUT2D eigenvalue weighted by Gasteiger charge is -2.31. The number of carbonyl (C=O) groups excluding carboxylic acids is 1. The zero-order valence-corrected chi connectivity index (χ0v) is 43.0. The van der Waals surface area contributed by atoms with E-state index in [4.69, 9.17) is 6.58 Å². The highest BCUT2D eigenvalue weighted by Gasteiger charge is 2.55. The van der Waals surface area contributed by atoms with Gasteiger partial charge in [-0.1, -0.05) is 249 Å². The third-order valence-corrected chi connectivity index (χ3v) is 19.3. The van der Waals surface area contributed by atoms with Crippen molar-refractivity contribution < 1.29 is 4.79 Å². The summed E-state index contributed by atoms with van der Waals surface area (Å²) in [7, 11) is 0. The number of carbonyl (C=O) groups is 1. The van der Waals surface area contributed by atoms with Crippen LogP contribution >= 0.6 is 0 Å². The molecule has 0 bridgehead atoms. The van der Waals surface area contributed by atoms with Gasteiger partial charge in [-0.3, -0.25) is 4.79 Å². The average molecular weight is 999 g/mol. The molecule has 0 saturated carbocycles. The fraction of sp³-hybridized carbons (Fsp3) is 0.0385. The van der Waals surface area contributed by atoms with Gasteiger partial charge in [0.25, 0.3) is 0 Å². The van der Waals surface area contributed by atoms with Gasteiger partial charge < -0.3 is 0 Å². The zero-order valence-electron chi connectivity index (χ0n) is 43.0. The van der Waals surface area contributed by atoms with Crippen molar-refractivity contribution in [2.45, 2.75) is 16.2 Å². The first kappa shape index (κ1) is 43.2. The maximum atomic E-state index is 15.7. The van der Waals surface area contributed by atoms with Crippen molar-refractivity contribution in [3.63, 3.8) is 0 Å². The molecule has 0 unspecified atom stereocenters. The molecule has 364 valence electrons. The van der Waals surface area contributed by atoms with Gasteiger partial charge in [-0.15, -0.1) is 0 Å². The molecule has 18 rings (SSSR count). The normalized spacial score (nSPS) is 15.0. The van der Waals surface area contributed by atoms with E-state index in [1.165, 1.54) is 117 Å². The van der Waals surface area contributed by atoms with E-state index in [0.717, 1.165) is 33.4 Å². The van der Waals surface area contributed by atoms with E-state index in [-0.39, 0.29) is 5.78 Å². The van der Waals surface area contributed by atoms with Gasteiger partial charge in [0.2, 0.25) is 0 Å². The molecule has 1 nitrogen and oxygen atoms in total. The Balaban J connectivity index is 0.796. The Labute approximate surface area is 459 Å². The lowest BCUT2D eigenvalue weighted by molar-refractivity contribution is 0.103. The van der Waals surface area contributed by atoms with Crippen LogP contribution in [-0.4, -0.2) is 5.78 Å². The highest BCUT2D eigenvalue weighted by Crippen LogP contribution is 2.66. The first-order chi connectivity index (χ1) is 39.0. The van der Waals surface area contributed by atoms with Gasteiger partial charge in [0.1, 0.15) is 0 Å². The topological polar surface area (TPSA) is 17.1 Å². The van der Waals surface area contributed by atoms with Gasteiger partial charge >= 0.3 is 0 Å². The Kier molecular flexibility index (Phi) is 8.29. The van der Waals surface area contributed by atoms with Crippen molar-refractivity contribution in [3.05, 3.63) is 363 Å². The molecule has 0 amide bonds. The second-order valence-electron chi connectivity index (χ2n) is 22.5. The molecule has 6 aliphatic rings. The summed E-state index contributed by atoms with van der Waals surface area (Å²) in [4.78, 5) is 15.7. The van der Waals surface area contributed by atoms with E-state index in [9.17, 15) is 0 Å². The predicted octanol–water partition coefficient (Wildman–Crippen LogP) is 18.0. The smallest absolute Gasteiger partial charge is 0.193 e. The SMILES string of the molecule is C=C(c1ccc2c(c1)C1(c3ccccc3-c3ccccc31)c1ccccc1-2)c1ccc2c(c1)C1(c3ccccc3-c3ccccc31)c1cc(C(=O)c3ccc4c(c3)C3(c5ccccc5-c5ccccc53)c3ccccc3-4)ccc1-2. The van der Waals surface area contributed by atoms with Crippen LogP contribution in [0.15, 0.2) is 273 Å². The minimum Gasteiger partial charge on any atom is -0.289 e. The first-order valence-corrected chi connectivity index (χ1v) is 27.6. The summed E-state index contributed by atoms with van der Waals surface area (Å²) in [5.74, 6) is 0.0139. The lowest BCUT2D eigenvalue weighted by atomic mass is 9.69. The first-order valence-electron chi connectivity index (χ1n) is 27.6. The minimum absolute atomic E-state index is 0.0139. The fourth-order valence-electron chi connectivity index (χ4n) is 16.3. The quantitative estimate of drug-likeness (QED) is 0.161. The highest BCUT2D eigenvalue weighted by molar-refractivity contribution is 6.11. The van der Waals surface area contributed by atoms with Crippen LogP contribution in [0.1, 0.15) is 93.8 Å². The van der Waals surface area contributed by atoms with Crippen LogP contribution in [0.5, 0.6) is 0 Å². The van der Waals surface area contributed by atoms with Crippen molar-refractivity contribution in [1.29, 1.82) is 0 Å². The van der Waals surface area contributed by atoms with Crippen LogP contribution in [0.25, 0.3) is 72.3 Å². The molecular weight excluding hydrogens is 953 g/mol. The number of benzene rings is 12. The number of rotatable bonds is 4. The van der Waals surface area contributed by atoms with E-state index < -0.39 is 16.2 Å². The molecule has 0 fully saturated rings. The second kappa shape index (κ2) is 15.2. The lowest BCUT2D eigenvalue weighted by Crippen LogP contribution is -2.26. The van der Waals surface area contributed by atoms with E-state index in [1.807, 2.05) is 0 Å². The molecule has 0 aliphatic heterocycles. The Morgan fingerprint density at radius 2 is 0.392 bits per heavy atom. The van der Waals surface area contributed by atoms with Gasteiger partial charge in [-0.25, -0.2) is 0 Å². The molecule has 0 atom stereocenters. The maximum Gasteiger partial charge on any atom is 0.193 e. The molecule has 3 spiro atoms. The second-order valence-corrected chi connectivity index (χ2v) is 22.5. The van der Waals surface area contributed by atoms with Crippen molar-refractivity contribution in [2.24, 2.45) is 0 Å². The summed E-state index contributed by atoms with van der Waals surface area (Å²) >= 11 is 0. The summed E-state index contributed by atoms with van der Waals surface area (Å²) in [6, 6.07) is 98.4. The van der Waals surface area contributed by atoms with E-state index in [0.29, 0.717) is 11.1 Å². The molecular formula is C78H46O. The summed E-state index contributed by atoms with van der Waals surface area (Å²) in [5, 5.41) is 0. The van der Waals surface area contributed by atoms with Crippen LogP contribution in [0.2, 0.25) is 0 Å². The minimum atomic E-state index is -0.688. The molecule has 1 heteroatoms. The van der Waals surface area contributed by atoms with Crippen molar-refractivity contribution >= 4 is 11.4 Å². The number of hydrogen-bond donors (Lipinski definition) is 0. The van der Waals surface area contributed by atoms with E-state index in [1.54, 1.807) is 0 Å². The summed E-state index contributed by atoms with van der Waals surface area (Å²) < 4.78 is 0. The number of hydrogen-bond acceptors (Lipinski definition) is 1. The molecule has 12 aromatic carbocycles. The zero-order chi connectivity index (χ0) is 51.9. The Bertz CT molecular complexity index is 4360. The summed E-state index contributed by atoms with van der Waals surface area (Å²) in [6.45, 7) is 4.97. The highest BCUT2D eigenvalue weighted by atomic mass is 16.1. The van der Waals surface area contributed by atoms with Crippen LogP contribution in [-0.2, 0) is 16.2 Å². The van der Waals surface area contributed by atoms with Gasteiger partial charge in [-0.05, 0) is 174 Å². The molecule has 6 aliphatic carbocycles. The standard InChI is InChI=1S/C78H46O/c1-46(47-34-38-59-57-24-8-14-30-67(57)76(71(59)42-47)63-26-10-2-18-51(63)52-19-3-11-27-64(52)76)48-35-39-61-62-41-37-50(45-74(62)78(72(61)43-48)69-32-16-6-22-55(69)56-23-7-17-33-70(56)78)75(79)49-36-40-60-58-25-9-15-31-68(58)77(73(60)44-49)65-28-12-4-20-53(65)54-21-5-13-29-66(54)77/h2-45H,1H2. The largest absolute Gasteiger partial charge is 0.289 e. The van der Waals surface area contributed by atoms with Crippen LogP contribution in [0.4, 0.5) is 0 Å². The van der Waals surface area contributed by atoms with E-state index in [2.05, 4.69) is 267 Å². The Morgan fingerprint density at radius 1 is 0.215 bits per heavy atom. The van der Waals surface area contributed by atoms with Gasteiger partial charge in [-0.2, -0.15) is 0 Å². The van der Waals surface area contributed by atoms with Crippen LogP contribution in [0, 0.1) is 0 Å². The Morgan fingerprint density at radius 3 is 0.633 bits per heavy atom. The monoisotopic (exact) mass is 998 g/mol. The van der Waals surface area contributed by atoms with Gasteiger partial charge in [0.05, 0.1) is 16.2 Å². The predicted molar refractivity (Wildman–Crippen MR) is 320 cm³/mol. The van der Waals surface area contributed by atoms with Gasteiger partial charge in [0.15, 0.2) is 5.78 Å². The van der Waals surface area contributed by atoms with Crippen molar-refractivity contribution in [2.75, 3.05) is 0 Å². The molecule has 0 aromatic heterocycles. The fourth-order valence-corrected chi connectivity index (χ4v) is 16.3. The summed E-state index contributed by atoms with van der Waals surface area (Å²) in [5.41, 5.74) is 32.7. The Hall–Kier alpha value is -9.95. The molecule has 12 aromatic rings. The number of fused-ring (bicyclic) bond motifs is 30. The van der Waals surface area contributed by atoms with Gasteiger partial charge in [0, 0.05) is 11.1 Å². The van der Waals surface area contributed by atoms with E-state index >= 15 is 4.79 Å². The molecule has 0 saturated heterocycles. The molecule has 0 radical (unpaired) electrons. The number of ketones is 1. The summed E-state index contributed by atoms with van der Waals surface area (Å²) in [6.07, 6.45) is 0. The molecule has 79 heavy (non-hydrogen) atoms. The third kappa shape index (κ3) is 5.07. The average Bonchev–Trinajstić information content (AvgIpc) is 4.39. The van der Waals surface area contributed by atoms with Crippen molar-refractivity contribution in [3.8, 4) is 66.8 Å². The molecule has 0 N–H and O–H groups in total. The van der Waals surface area contributed by atoms with Crippen LogP contribution in [0.3, 0.4) is 0 Å².